The highest BCUT2D eigenvalue weighted by Crippen LogP contribution is 2.26. The van der Waals surface area contributed by atoms with E-state index in [1.807, 2.05) is 23.8 Å². The summed E-state index contributed by atoms with van der Waals surface area (Å²) in [6, 6.07) is 4.49. The van der Waals surface area contributed by atoms with E-state index in [2.05, 4.69) is 24.0 Å². The van der Waals surface area contributed by atoms with Crippen molar-refractivity contribution in [1.29, 1.82) is 0 Å². The van der Waals surface area contributed by atoms with E-state index in [-0.39, 0.29) is 6.04 Å². The van der Waals surface area contributed by atoms with Crippen LogP contribution in [-0.2, 0) is 12.8 Å². The summed E-state index contributed by atoms with van der Waals surface area (Å²) < 4.78 is 0. The Morgan fingerprint density at radius 2 is 2.12 bits per heavy atom. The molecule has 1 atom stereocenters. The summed E-state index contributed by atoms with van der Waals surface area (Å²) in [5.41, 5.74) is 9.15. The van der Waals surface area contributed by atoms with Gasteiger partial charge in [-0.15, -0.1) is 22.7 Å². The number of rotatable bonds is 4. The Morgan fingerprint density at radius 1 is 1.38 bits per heavy atom. The van der Waals surface area contributed by atoms with E-state index >= 15 is 0 Å². The molecule has 1 unspecified atom stereocenters. The third-order valence-corrected chi connectivity index (χ3v) is 4.92. The van der Waals surface area contributed by atoms with Crippen molar-refractivity contribution < 1.29 is 0 Å². The molecule has 4 heteroatoms. The summed E-state index contributed by atoms with van der Waals surface area (Å²) in [7, 11) is 0. The lowest BCUT2D eigenvalue weighted by molar-refractivity contribution is 0.737. The molecule has 0 amide bonds. The minimum atomic E-state index is 0.0934. The Balaban J connectivity index is 2.07. The second-order valence-electron chi connectivity index (χ2n) is 3.83. The van der Waals surface area contributed by atoms with Crippen LogP contribution in [0.3, 0.4) is 0 Å². The molecule has 2 heterocycles. The van der Waals surface area contributed by atoms with Crippen molar-refractivity contribution in [3.05, 3.63) is 38.0 Å². The van der Waals surface area contributed by atoms with Gasteiger partial charge in [0.1, 0.15) is 0 Å². The van der Waals surface area contributed by atoms with Crippen LogP contribution in [0.5, 0.6) is 0 Å². The van der Waals surface area contributed by atoms with E-state index in [0.717, 1.165) is 18.5 Å². The number of aromatic nitrogens is 1. The fraction of sp³-hybridized carbons (Fsp3) is 0.417. The zero-order chi connectivity index (χ0) is 11.5. The number of aryl methyl sites for hydroxylation is 2. The molecule has 0 fully saturated rings. The molecule has 86 valence electrons. The smallest absolute Gasteiger partial charge is 0.0798 e. The topological polar surface area (TPSA) is 38.9 Å². The summed E-state index contributed by atoms with van der Waals surface area (Å²) in [5, 5.41) is 0. The lowest BCUT2D eigenvalue weighted by Crippen LogP contribution is -2.12. The molecule has 2 aromatic heterocycles. The maximum Gasteiger partial charge on any atom is 0.0798 e. The van der Waals surface area contributed by atoms with E-state index in [4.69, 9.17) is 5.73 Å². The van der Waals surface area contributed by atoms with Crippen LogP contribution in [0.1, 0.15) is 33.3 Å². The predicted octanol–water partition coefficient (Wildman–Crippen LogP) is 3.32. The molecule has 2 aromatic rings. The Hall–Kier alpha value is -0.710. The van der Waals surface area contributed by atoms with Crippen LogP contribution in [0.2, 0.25) is 0 Å². The van der Waals surface area contributed by atoms with E-state index in [0.29, 0.717) is 0 Å². The van der Waals surface area contributed by atoms with E-state index in [1.54, 1.807) is 11.3 Å². The average molecular weight is 252 g/mol. The summed E-state index contributed by atoms with van der Waals surface area (Å²) in [6.07, 6.45) is 2.03. The first-order chi connectivity index (χ1) is 7.70. The summed E-state index contributed by atoms with van der Waals surface area (Å²) in [5.74, 6) is 0. The minimum absolute atomic E-state index is 0.0934. The molecule has 0 aliphatic heterocycles. The number of thiazole rings is 1. The molecule has 0 radical (unpaired) electrons. The summed E-state index contributed by atoms with van der Waals surface area (Å²) in [6.45, 7) is 4.21. The molecule has 2 nitrogen and oxygen atoms in total. The number of hydrogen-bond acceptors (Lipinski definition) is 4. The first-order valence-electron chi connectivity index (χ1n) is 5.44. The highest BCUT2D eigenvalue weighted by Gasteiger charge is 2.13. The van der Waals surface area contributed by atoms with Crippen LogP contribution in [0.15, 0.2) is 17.6 Å². The third-order valence-electron chi connectivity index (χ3n) is 2.61. The van der Waals surface area contributed by atoms with Crippen LogP contribution in [0.25, 0.3) is 0 Å². The van der Waals surface area contributed by atoms with Gasteiger partial charge < -0.3 is 5.73 Å². The molecule has 0 aromatic carbocycles. The van der Waals surface area contributed by atoms with Crippen molar-refractivity contribution in [2.75, 3.05) is 0 Å². The molecule has 0 spiro atoms. The molecule has 16 heavy (non-hydrogen) atoms. The van der Waals surface area contributed by atoms with E-state index in [1.165, 1.54) is 14.6 Å². The molecule has 0 bridgehead atoms. The second-order valence-corrected chi connectivity index (χ2v) is 5.97. The van der Waals surface area contributed by atoms with Crippen molar-refractivity contribution in [2.45, 2.75) is 32.7 Å². The molecule has 2 rings (SSSR count). The van der Waals surface area contributed by atoms with Crippen molar-refractivity contribution in [1.82, 2.24) is 4.98 Å². The van der Waals surface area contributed by atoms with Crippen LogP contribution >= 0.6 is 22.7 Å². The van der Waals surface area contributed by atoms with Gasteiger partial charge in [-0.2, -0.15) is 0 Å². The Kier molecular flexibility index (Phi) is 3.74. The first-order valence-corrected chi connectivity index (χ1v) is 7.13. The molecule has 0 saturated carbocycles. The fourth-order valence-electron chi connectivity index (χ4n) is 1.70. The molecule has 0 aliphatic carbocycles. The Morgan fingerprint density at radius 3 is 2.69 bits per heavy atom. The van der Waals surface area contributed by atoms with Gasteiger partial charge in [0, 0.05) is 27.1 Å². The second kappa shape index (κ2) is 5.08. The van der Waals surface area contributed by atoms with Crippen molar-refractivity contribution >= 4 is 22.7 Å². The van der Waals surface area contributed by atoms with Gasteiger partial charge in [0.15, 0.2) is 0 Å². The molecule has 0 aliphatic rings. The number of nitrogens with two attached hydrogens (primary N) is 1. The van der Waals surface area contributed by atoms with Crippen molar-refractivity contribution in [3.8, 4) is 0 Å². The maximum atomic E-state index is 6.20. The lowest BCUT2D eigenvalue weighted by Gasteiger charge is -2.08. The van der Waals surface area contributed by atoms with Crippen LogP contribution in [-0.4, -0.2) is 4.98 Å². The largest absolute Gasteiger partial charge is 0.323 e. The Bertz CT molecular complexity index is 459. The average Bonchev–Trinajstić information content (AvgIpc) is 2.86. The maximum absolute atomic E-state index is 6.20. The molecular weight excluding hydrogens is 236 g/mol. The quantitative estimate of drug-likeness (QED) is 0.906. The van der Waals surface area contributed by atoms with E-state index in [9.17, 15) is 0 Å². The number of nitrogens with zero attached hydrogens (tertiary/aromatic N) is 1. The monoisotopic (exact) mass is 252 g/mol. The van der Waals surface area contributed by atoms with Gasteiger partial charge in [-0.25, -0.2) is 4.98 Å². The number of thiophene rings is 1. The zero-order valence-corrected chi connectivity index (χ0v) is 11.2. The summed E-state index contributed by atoms with van der Waals surface area (Å²) >= 11 is 3.53. The SMILES string of the molecule is CCc1ccc(CC(N)c2scnc2C)s1. The highest BCUT2D eigenvalue weighted by molar-refractivity contribution is 7.12. The first kappa shape index (κ1) is 11.8. The van der Waals surface area contributed by atoms with Gasteiger partial charge >= 0.3 is 0 Å². The van der Waals surface area contributed by atoms with Gasteiger partial charge in [0.2, 0.25) is 0 Å². The Labute approximate surface area is 104 Å². The molecule has 0 saturated heterocycles. The van der Waals surface area contributed by atoms with Crippen LogP contribution < -0.4 is 5.73 Å². The zero-order valence-electron chi connectivity index (χ0n) is 9.56. The standard InChI is InChI=1S/C12H16N2S2/c1-3-9-4-5-10(16-9)6-11(13)12-8(2)14-7-15-12/h4-5,7,11H,3,6,13H2,1-2H3. The van der Waals surface area contributed by atoms with Crippen LogP contribution in [0, 0.1) is 6.92 Å². The van der Waals surface area contributed by atoms with Crippen molar-refractivity contribution in [3.63, 3.8) is 0 Å². The van der Waals surface area contributed by atoms with E-state index < -0.39 is 0 Å². The highest BCUT2D eigenvalue weighted by atomic mass is 32.1. The van der Waals surface area contributed by atoms with Crippen LogP contribution in [0.4, 0.5) is 0 Å². The van der Waals surface area contributed by atoms with Gasteiger partial charge in [-0.05, 0) is 25.5 Å². The third kappa shape index (κ3) is 2.51. The van der Waals surface area contributed by atoms with Crippen molar-refractivity contribution in [2.24, 2.45) is 5.73 Å². The fourth-order valence-corrected chi connectivity index (χ4v) is 3.52. The van der Waals surface area contributed by atoms with Gasteiger partial charge in [0.05, 0.1) is 11.2 Å². The van der Waals surface area contributed by atoms with Gasteiger partial charge in [-0.1, -0.05) is 6.92 Å². The summed E-state index contributed by atoms with van der Waals surface area (Å²) in [4.78, 5) is 8.26. The lowest BCUT2D eigenvalue weighted by atomic mass is 10.1. The normalized spacial score (nSPS) is 12.9. The minimum Gasteiger partial charge on any atom is -0.323 e. The van der Waals surface area contributed by atoms with Gasteiger partial charge in [0.25, 0.3) is 0 Å². The molecular formula is C12H16N2S2. The number of hydrogen-bond donors (Lipinski definition) is 1. The molecule has 2 N–H and O–H groups in total. The predicted molar refractivity (Wildman–Crippen MR) is 71.2 cm³/mol. The van der Waals surface area contributed by atoms with Gasteiger partial charge in [-0.3, -0.25) is 0 Å².